The van der Waals surface area contributed by atoms with Crippen LogP contribution in [0.2, 0.25) is 0 Å². The van der Waals surface area contributed by atoms with Gasteiger partial charge in [0.2, 0.25) is 0 Å². The molecule has 0 aliphatic heterocycles. The molecule has 0 bridgehead atoms. The Morgan fingerprint density at radius 3 is 2.48 bits per heavy atom. The Balaban J connectivity index is 1.78. The number of pyridine rings is 2. The smallest absolute Gasteiger partial charge is 0.141 e. The van der Waals surface area contributed by atoms with Crippen LogP contribution in [-0.4, -0.2) is 19.7 Å². The molecular formula is C26H24N4O. The minimum absolute atomic E-state index is 0.0491. The van der Waals surface area contributed by atoms with Crippen molar-refractivity contribution in [1.29, 1.82) is 0 Å². The number of aryl methyl sites for hydroxylation is 3. The van der Waals surface area contributed by atoms with Crippen LogP contribution in [0.3, 0.4) is 0 Å². The number of benzene rings is 1. The van der Waals surface area contributed by atoms with Gasteiger partial charge in [0.25, 0.3) is 0 Å². The summed E-state index contributed by atoms with van der Waals surface area (Å²) < 4.78 is 7.72. The summed E-state index contributed by atoms with van der Waals surface area (Å²) in [6, 6.07) is 18.7. The lowest BCUT2D eigenvalue weighted by Crippen LogP contribution is -2.13. The Bertz CT molecular complexity index is 1280. The van der Waals surface area contributed by atoms with E-state index in [2.05, 4.69) is 59.2 Å². The van der Waals surface area contributed by atoms with E-state index in [0.717, 1.165) is 45.7 Å². The molecule has 4 aromatic heterocycles. The van der Waals surface area contributed by atoms with Crippen molar-refractivity contribution in [3.8, 4) is 11.1 Å². The summed E-state index contributed by atoms with van der Waals surface area (Å²) in [5.74, 6) is 0.803. The zero-order valence-electron chi connectivity index (χ0n) is 17.9. The molecule has 0 saturated heterocycles. The Kier molecular flexibility index (Phi) is 4.86. The van der Waals surface area contributed by atoms with Gasteiger partial charge in [-0.1, -0.05) is 48.5 Å². The average molecular weight is 409 g/mol. The Morgan fingerprint density at radius 1 is 1.00 bits per heavy atom. The van der Waals surface area contributed by atoms with Crippen molar-refractivity contribution in [3.63, 3.8) is 0 Å². The van der Waals surface area contributed by atoms with Gasteiger partial charge >= 0.3 is 0 Å². The molecule has 4 heterocycles. The van der Waals surface area contributed by atoms with E-state index in [1.54, 1.807) is 0 Å². The van der Waals surface area contributed by atoms with E-state index >= 15 is 0 Å². The molecule has 5 aromatic rings. The zero-order valence-corrected chi connectivity index (χ0v) is 17.9. The molecule has 0 spiro atoms. The predicted octanol–water partition coefficient (Wildman–Crippen LogP) is 5.90. The predicted molar refractivity (Wildman–Crippen MR) is 122 cm³/mol. The van der Waals surface area contributed by atoms with Crippen molar-refractivity contribution in [2.75, 3.05) is 0 Å². The van der Waals surface area contributed by atoms with Crippen LogP contribution in [0.15, 0.2) is 77.7 Å². The molecule has 5 nitrogen and oxygen atoms in total. The second kappa shape index (κ2) is 7.84. The number of hydrogen-bond donors (Lipinski definition) is 0. The topological polar surface area (TPSA) is 56.7 Å². The molecule has 0 aliphatic rings. The van der Waals surface area contributed by atoms with Crippen molar-refractivity contribution in [2.24, 2.45) is 0 Å². The van der Waals surface area contributed by atoms with E-state index in [-0.39, 0.29) is 6.04 Å². The number of rotatable bonds is 5. The Labute approximate surface area is 181 Å². The van der Waals surface area contributed by atoms with E-state index in [9.17, 15) is 0 Å². The molecule has 0 amide bonds. The van der Waals surface area contributed by atoms with E-state index in [4.69, 9.17) is 14.5 Å². The van der Waals surface area contributed by atoms with Crippen molar-refractivity contribution >= 4 is 11.0 Å². The van der Waals surface area contributed by atoms with Gasteiger partial charge in [0.15, 0.2) is 0 Å². The molecule has 0 radical (unpaired) electrons. The van der Waals surface area contributed by atoms with Gasteiger partial charge in [-0.2, -0.15) is 0 Å². The van der Waals surface area contributed by atoms with E-state index in [1.165, 1.54) is 11.1 Å². The maximum absolute atomic E-state index is 5.41. The monoisotopic (exact) mass is 408 g/mol. The molecular weight excluding hydrogens is 384 g/mol. The van der Waals surface area contributed by atoms with Gasteiger partial charge in [0.1, 0.15) is 11.8 Å². The largest absolute Gasteiger partial charge is 0.361 e. The molecule has 154 valence electrons. The minimum Gasteiger partial charge on any atom is -0.361 e. The molecule has 5 rings (SSSR count). The van der Waals surface area contributed by atoms with Crippen molar-refractivity contribution in [3.05, 3.63) is 101 Å². The van der Waals surface area contributed by atoms with Gasteiger partial charge in [-0.25, -0.2) is 0 Å². The van der Waals surface area contributed by atoms with Crippen LogP contribution in [0.1, 0.15) is 41.2 Å². The molecule has 1 aromatic carbocycles. The second-order valence-corrected chi connectivity index (χ2v) is 7.77. The zero-order chi connectivity index (χ0) is 21.4. The van der Waals surface area contributed by atoms with Crippen LogP contribution in [0.5, 0.6) is 0 Å². The van der Waals surface area contributed by atoms with Gasteiger partial charge in [0.05, 0.1) is 22.4 Å². The minimum atomic E-state index is -0.0491. The lowest BCUT2D eigenvalue weighted by molar-refractivity contribution is 0.393. The summed E-state index contributed by atoms with van der Waals surface area (Å²) in [4.78, 5) is 9.58. The lowest BCUT2D eigenvalue weighted by Gasteiger charge is -2.20. The second-order valence-electron chi connectivity index (χ2n) is 7.77. The highest BCUT2D eigenvalue weighted by Crippen LogP contribution is 2.34. The van der Waals surface area contributed by atoms with Crippen LogP contribution in [0, 0.1) is 13.8 Å². The molecule has 0 aliphatic carbocycles. The quantitative estimate of drug-likeness (QED) is 0.363. The number of hydrogen-bond acceptors (Lipinski definition) is 4. The molecule has 1 atom stereocenters. The van der Waals surface area contributed by atoms with Gasteiger partial charge < -0.3 is 9.09 Å². The van der Waals surface area contributed by atoms with Crippen LogP contribution in [0.4, 0.5) is 0 Å². The first-order valence-electron chi connectivity index (χ1n) is 10.6. The number of nitrogens with zero attached hydrogens (tertiary/aromatic N) is 4. The third-order valence-electron chi connectivity index (χ3n) is 5.81. The number of fused-ring (bicyclic) bond motifs is 1. The highest BCUT2D eigenvalue weighted by molar-refractivity contribution is 5.85. The molecule has 0 saturated carbocycles. The van der Waals surface area contributed by atoms with Crippen molar-refractivity contribution in [1.82, 2.24) is 19.7 Å². The summed E-state index contributed by atoms with van der Waals surface area (Å²) in [5, 5.41) is 4.13. The van der Waals surface area contributed by atoms with Crippen LogP contribution in [0.25, 0.3) is 22.2 Å². The first-order chi connectivity index (χ1) is 15.2. The normalized spacial score (nSPS) is 12.4. The first kappa shape index (κ1) is 19.2. The Morgan fingerprint density at radius 2 is 1.81 bits per heavy atom. The fraction of sp³-hybridized carbons (Fsp3) is 0.192. The SMILES string of the molecule is CCc1cn(C(c2ccccc2)c2ccccn2)c2cc(-c3c(C)noc3C)cnc12. The maximum atomic E-state index is 5.41. The standard InChI is InChI=1S/C26H24N4O/c1-4-19-16-30(26(20-10-6-5-7-11-20)22-12-8-9-13-27-22)23-14-21(15-28-25(19)23)24-17(2)29-31-18(24)3/h5-16,26H,4H2,1-3H3. The first-order valence-corrected chi connectivity index (χ1v) is 10.6. The fourth-order valence-corrected chi connectivity index (χ4v) is 4.35. The van der Waals surface area contributed by atoms with Crippen LogP contribution >= 0.6 is 0 Å². The summed E-state index contributed by atoms with van der Waals surface area (Å²) in [7, 11) is 0. The molecule has 0 fully saturated rings. The highest BCUT2D eigenvalue weighted by atomic mass is 16.5. The fourth-order valence-electron chi connectivity index (χ4n) is 4.35. The summed E-state index contributed by atoms with van der Waals surface area (Å²) >= 11 is 0. The molecule has 5 heteroatoms. The van der Waals surface area contributed by atoms with Gasteiger partial charge in [0, 0.05) is 29.7 Å². The van der Waals surface area contributed by atoms with Crippen LogP contribution in [-0.2, 0) is 6.42 Å². The molecule has 31 heavy (non-hydrogen) atoms. The van der Waals surface area contributed by atoms with E-state index < -0.39 is 0 Å². The third-order valence-corrected chi connectivity index (χ3v) is 5.81. The van der Waals surface area contributed by atoms with Crippen molar-refractivity contribution in [2.45, 2.75) is 33.2 Å². The van der Waals surface area contributed by atoms with Crippen LogP contribution < -0.4 is 0 Å². The molecule has 1 unspecified atom stereocenters. The Hall–Kier alpha value is -3.73. The summed E-state index contributed by atoms with van der Waals surface area (Å²) in [6.45, 7) is 6.07. The van der Waals surface area contributed by atoms with Gasteiger partial charge in [-0.15, -0.1) is 0 Å². The number of aromatic nitrogens is 4. The molecule has 0 N–H and O–H groups in total. The third kappa shape index (κ3) is 3.32. The summed E-state index contributed by atoms with van der Waals surface area (Å²) in [6.07, 6.45) is 6.91. The van der Waals surface area contributed by atoms with Crippen molar-refractivity contribution < 1.29 is 4.52 Å². The average Bonchev–Trinajstić information content (AvgIpc) is 3.34. The van der Waals surface area contributed by atoms with Gasteiger partial charge in [-0.3, -0.25) is 9.97 Å². The van der Waals surface area contributed by atoms with E-state index in [0.29, 0.717) is 0 Å². The van der Waals surface area contributed by atoms with Gasteiger partial charge in [-0.05, 0) is 49.6 Å². The maximum Gasteiger partial charge on any atom is 0.141 e. The highest BCUT2D eigenvalue weighted by Gasteiger charge is 2.22. The summed E-state index contributed by atoms with van der Waals surface area (Å²) in [5.41, 5.74) is 8.39. The lowest BCUT2D eigenvalue weighted by atomic mass is 10.0. The van der Waals surface area contributed by atoms with E-state index in [1.807, 2.05) is 44.4 Å².